The lowest BCUT2D eigenvalue weighted by molar-refractivity contribution is 0.627. The minimum Gasteiger partial charge on any atom is -0.252 e. The molecule has 0 amide bonds. The predicted molar refractivity (Wildman–Crippen MR) is 55.9 cm³/mol. The number of hydrogen-bond donors (Lipinski definition) is 0. The second-order valence-electron chi connectivity index (χ2n) is 3.33. The molecule has 0 aliphatic carbocycles. The highest BCUT2D eigenvalue weighted by atomic mass is 15.4. The van der Waals surface area contributed by atoms with Gasteiger partial charge in [-0.25, -0.2) is 0 Å². The van der Waals surface area contributed by atoms with Gasteiger partial charge in [-0.1, -0.05) is 29.0 Å². The van der Waals surface area contributed by atoms with E-state index in [1.165, 1.54) is 5.56 Å². The van der Waals surface area contributed by atoms with Crippen molar-refractivity contribution in [2.45, 2.75) is 20.4 Å². The third-order valence-corrected chi connectivity index (χ3v) is 2.18. The summed E-state index contributed by atoms with van der Waals surface area (Å²) in [5, 5.41) is 8.12. The number of benzene rings is 1. The molecule has 3 nitrogen and oxygen atoms in total. The van der Waals surface area contributed by atoms with Gasteiger partial charge in [-0.2, -0.15) is 0 Å². The lowest BCUT2D eigenvalue weighted by Crippen LogP contribution is -1.93. The molecule has 0 bridgehead atoms. The van der Waals surface area contributed by atoms with Crippen molar-refractivity contribution in [2.75, 3.05) is 0 Å². The third-order valence-electron chi connectivity index (χ3n) is 2.18. The quantitative estimate of drug-likeness (QED) is 0.722. The zero-order valence-electron chi connectivity index (χ0n) is 8.44. The van der Waals surface area contributed by atoms with E-state index in [4.69, 9.17) is 0 Å². The Morgan fingerprint density at radius 2 is 2.21 bits per heavy atom. The van der Waals surface area contributed by atoms with Gasteiger partial charge in [0.15, 0.2) is 0 Å². The summed E-state index contributed by atoms with van der Waals surface area (Å²) < 4.78 is 1.83. The first kappa shape index (κ1) is 8.94. The lowest BCUT2D eigenvalue weighted by atomic mass is 10.1. The van der Waals surface area contributed by atoms with E-state index in [1.54, 1.807) is 0 Å². The van der Waals surface area contributed by atoms with E-state index in [1.807, 2.05) is 16.9 Å². The van der Waals surface area contributed by atoms with Gasteiger partial charge in [0, 0.05) is 12.1 Å². The molecule has 2 aromatic rings. The summed E-state index contributed by atoms with van der Waals surface area (Å²) in [6.07, 6.45) is 1.97. The molecule has 0 fully saturated rings. The largest absolute Gasteiger partial charge is 0.252 e. The van der Waals surface area contributed by atoms with Crippen LogP contribution in [-0.4, -0.2) is 15.0 Å². The molecule has 1 aromatic carbocycles. The van der Waals surface area contributed by atoms with Crippen molar-refractivity contribution in [2.24, 2.45) is 0 Å². The average molecular weight is 187 g/mol. The molecule has 0 spiro atoms. The Labute approximate surface area is 83.4 Å². The van der Waals surface area contributed by atoms with E-state index in [2.05, 4.69) is 42.4 Å². The molecule has 2 rings (SSSR count). The van der Waals surface area contributed by atoms with Crippen LogP contribution in [0, 0.1) is 6.92 Å². The van der Waals surface area contributed by atoms with Gasteiger partial charge in [-0.05, 0) is 19.9 Å². The molecule has 0 saturated heterocycles. The van der Waals surface area contributed by atoms with Gasteiger partial charge in [0.2, 0.25) is 0 Å². The van der Waals surface area contributed by atoms with Gasteiger partial charge in [-0.3, -0.25) is 4.68 Å². The van der Waals surface area contributed by atoms with E-state index in [9.17, 15) is 0 Å². The van der Waals surface area contributed by atoms with Crippen LogP contribution < -0.4 is 0 Å². The average Bonchev–Trinajstić information content (AvgIpc) is 2.66. The number of hydrogen-bond acceptors (Lipinski definition) is 2. The van der Waals surface area contributed by atoms with Crippen molar-refractivity contribution >= 4 is 0 Å². The fourth-order valence-corrected chi connectivity index (χ4v) is 1.39. The molecule has 0 unspecified atom stereocenters. The van der Waals surface area contributed by atoms with Gasteiger partial charge in [-0.15, -0.1) is 5.10 Å². The summed E-state index contributed by atoms with van der Waals surface area (Å²) in [4.78, 5) is 0. The summed E-state index contributed by atoms with van der Waals surface area (Å²) in [7, 11) is 0. The highest BCUT2D eigenvalue weighted by molar-refractivity contribution is 5.58. The predicted octanol–water partition coefficient (Wildman–Crippen LogP) is 2.27. The molecule has 0 atom stereocenters. The minimum absolute atomic E-state index is 0.860. The van der Waals surface area contributed by atoms with Crippen LogP contribution >= 0.6 is 0 Å². The Bertz CT molecular complexity index is 432. The van der Waals surface area contributed by atoms with Gasteiger partial charge >= 0.3 is 0 Å². The number of aryl methyl sites for hydroxylation is 2. The number of aromatic nitrogens is 3. The zero-order chi connectivity index (χ0) is 9.97. The zero-order valence-corrected chi connectivity index (χ0v) is 8.44. The number of rotatable bonds is 2. The molecule has 0 radical (unpaired) electrons. The summed E-state index contributed by atoms with van der Waals surface area (Å²) in [6, 6.07) is 8.28. The van der Waals surface area contributed by atoms with Crippen LogP contribution in [-0.2, 0) is 6.54 Å². The molecule has 0 aliphatic rings. The lowest BCUT2D eigenvalue weighted by Gasteiger charge is -1.96. The normalized spacial score (nSPS) is 10.4. The molecule has 0 N–H and O–H groups in total. The van der Waals surface area contributed by atoms with Gasteiger partial charge in [0.1, 0.15) is 5.69 Å². The van der Waals surface area contributed by atoms with Crippen molar-refractivity contribution in [1.29, 1.82) is 0 Å². The van der Waals surface area contributed by atoms with Crippen LogP contribution in [0.1, 0.15) is 12.5 Å². The Morgan fingerprint density at radius 1 is 1.36 bits per heavy atom. The third kappa shape index (κ3) is 1.66. The van der Waals surface area contributed by atoms with Crippen LogP contribution in [0.5, 0.6) is 0 Å². The van der Waals surface area contributed by atoms with Crippen molar-refractivity contribution < 1.29 is 0 Å². The summed E-state index contributed by atoms with van der Waals surface area (Å²) in [5.74, 6) is 0. The maximum Gasteiger partial charge on any atom is 0.113 e. The molecule has 3 heteroatoms. The fraction of sp³-hybridized carbons (Fsp3) is 0.273. The maximum absolute atomic E-state index is 4.11. The molecule has 1 aromatic heterocycles. The van der Waals surface area contributed by atoms with Crippen LogP contribution in [0.4, 0.5) is 0 Å². The second kappa shape index (κ2) is 3.62. The molecule has 14 heavy (non-hydrogen) atoms. The van der Waals surface area contributed by atoms with E-state index in [0.717, 1.165) is 17.8 Å². The van der Waals surface area contributed by atoms with Crippen molar-refractivity contribution in [3.63, 3.8) is 0 Å². The Balaban J connectivity index is 2.39. The van der Waals surface area contributed by atoms with Crippen LogP contribution in [0.3, 0.4) is 0 Å². The minimum atomic E-state index is 0.860. The Kier molecular flexibility index (Phi) is 2.31. The first-order chi connectivity index (χ1) is 6.79. The molecule has 1 heterocycles. The highest BCUT2D eigenvalue weighted by Crippen LogP contribution is 2.16. The van der Waals surface area contributed by atoms with Crippen molar-refractivity contribution in [3.8, 4) is 11.3 Å². The Hall–Kier alpha value is -1.64. The summed E-state index contributed by atoms with van der Waals surface area (Å²) in [6.45, 7) is 4.99. The fourth-order valence-electron chi connectivity index (χ4n) is 1.39. The smallest absolute Gasteiger partial charge is 0.113 e. The molecule has 72 valence electrons. The van der Waals surface area contributed by atoms with E-state index in [-0.39, 0.29) is 0 Å². The van der Waals surface area contributed by atoms with Crippen molar-refractivity contribution in [3.05, 3.63) is 36.0 Å². The summed E-state index contributed by atoms with van der Waals surface area (Å²) >= 11 is 0. The standard InChI is InChI=1S/C11H13N3/c1-3-14-8-11(12-13-14)10-6-4-5-9(2)7-10/h4-8H,3H2,1-2H3. The van der Waals surface area contributed by atoms with Crippen LogP contribution in [0.2, 0.25) is 0 Å². The topological polar surface area (TPSA) is 30.7 Å². The first-order valence-corrected chi connectivity index (χ1v) is 4.77. The highest BCUT2D eigenvalue weighted by Gasteiger charge is 2.02. The SMILES string of the molecule is CCn1cc(-c2cccc(C)c2)nn1. The molecular formula is C11H13N3. The van der Waals surface area contributed by atoms with Gasteiger partial charge < -0.3 is 0 Å². The number of nitrogens with zero attached hydrogens (tertiary/aromatic N) is 3. The van der Waals surface area contributed by atoms with Gasteiger partial charge in [0.25, 0.3) is 0 Å². The van der Waals surface area contributed by atoms with E-state index < -0.39 is 0 Å². The molecule has 0 aliphatic heterocycles. The molecular weight excluding hydrogens is 174 g/mol. The first-order valence-electron chi connectivity index (χ1n) is 4.77. The Morgan fingerprint density at radius 3 is 2.86 bits per heavy atom. The summed E-state index contributed by atoms with van der Waals surface area (Å²) in [5.41, 5.74) is 3.31. The monoisotopic (exact) mass is 187 g/mol. The van der Waals surface area contributed by atoms with Crippen LogP contribution in [0.25, 0.3) is 11.3 Å². The molecule has 0 saturated carbocycles. The van der Waals surface area contributed by atoms with Gasteiger partial charge in [0.05, 0.1) is 6.20 Å². The van der Waals surface area contributed by atoms with E-state index >= 15 is 0 Å². The van der Waals surface area contributed by atoms with E-state index in [0.29, 0.717) is 0 Å². The van der Waals surface area contributed by atoms with Crippen molar-refractivity contribution in [1.82, 2.24) is 15.0 Å². The van der Waals surface area contributed by atoms with Crippen LogP contribution in [0.15, 0.2) is 30.5 Å². The second-order valence-corrected chi connectivity index (χ2v) is 3.33. The maximum atomic E-state index is 4.11.